The molecule has 2 amide bonds. The fourth-order valence-corrected chi connectivity index (χ4v) is 5.03. The molecule has 0 spiro atoms. The van der Waals surface area contributed by atoms with E-state index < -0.39 is 41.8 Å². The molecular weight excluding hydrogens is 682 g/mol. The number of nitrogens with one attached hydrogen (secondary N) is 3. The first kappa shape index (κ1) is 36.0. The maximum Gasteiger partial charge on any atom is 0.422 e. The van der Waals surface area contributed by atoms with Gasteiger partial charge in [0.25, 0.3) is 11.8 Å². The number of ketones is 1. The lowest BCUT2D eigenvalue weighted by Crippen LogP contribution is -2.36. The Morgan fingerprint density at radius 1 is 0.920 bits per heavy atom. The van der Waals surface area contributed by atoms with Crippen LogP contribution in [0.1, 0.15) is 40.7 Å². The lowest BCUT2D eigenvalue weighted by Gasteiger charge is -2.19. The lowest BCUT2D eigenvalue weighted by atomic mass is 10.1. The van der Waals surface area contributed by atoms with Crippen molar-refractivity contribution < 1.29 is 36.7 Å². The van der Waals surface area contributed by atoms with Crippen LogP contribution in [0.4, 0.5) is 35.1 Å². The molecule has 0 saturated heterocycles. The SMILES string of the molecule is CN(CCCNC(=O)c1ccc(Nc2nc(NC3(c4ccc(Cl)cc4)CC3)nc(OCC(F)(F)F)n2)cc1)C(=O)C(=O)Cc1ccc(F)cc1. The van der Waals surface area contributed by atoms with Crippen LogP contribution in [0.2, 0.25) is 5.02 Å². The van der Waals surface area contributed by atoms with Gasteiger partial charge < -0.3 is 25.6 Å². The molecule has 3 aromatic carbocycles. The molecule has 1 heterocycles. The number of aromatic nitrogens is 3. The molecule has 50 heavy (non-hydrogen) atoms. The second-order valence-corrected chi connectivity index (χ2v) is 12.1. The number of alkyl halides is 3. The number of hydrogen-bond acceptors (Lipinski definition) is 9. The van der Waals surface area contributed by atoms with Crippen molar-refractivity contribution in [3.05, 3.63) is 100 Å². The summed E-state index contributed by atoms with van der Waals surface area (Å²) in [6.07, 6.45) is -2.90. The van der Waals surface area contributed by atoms with E-state index in [0.29, 0.717) is 28.3 Å². The number of nitrogens with zero attached hydrogens (tertiary/aromatic N) is 4. The fraction of sp³-hybridized carbons (Fsp3) is 0.294. The number of anilines is 3. The minimum Gasteiger partial charge on any atom is -0.454 e. The van der Waals surface area contributed by atoms with Crippen molar-refractivity contribution >= 4 is 46.8 Å². The number of rotatable bonds is 15. The maximum atomic E-state index is 13.1. The molecule has 262 valence electrons. The Balaban J connectivity index is 1.15. The van der Waals surface area contributed by atoms with Crippen LogP contribution in [-0.2, 0) is 21.5 Å². The third-order valence-corrected chi connectivity index (χ3v) is 7.95. The zero-order valence-electron chi connectivity index (χ0n) is 26.7. The van der Waals surface area contributed by atoms with Gasteiger partial charge in [0, 0.05) is 42.8 Å². The van der Waals surface area contributed by atoms with Gasteiger partial charge in [0.15, 0.2) is 6.61 Å². The highest BCUT2D eigenvalue weighted by atomic mass is 35.5. The normalized spacial score (nSPS) is 13.2. The van der Waals surface area contributed by atoms with E-state index in [2.05, 4.69) is 30.9 Å². The van der Waals surface area contributed by atoms with Crippen molar-refractivity contribution in [2.24, 2.45) is 0 Å². The number of carbonyl (C=O) groups is 3. The molecule has 0 aliphatic heterocycles. The zero-order valence-corrected chi connectivity index (χ0v) is 27.4. The lowest BCUT2D eigenvalue weighted by molar-refractivity contribution is -0.154. The van der Waals surface area contributed by atoms with Crippen LogP contribution in [0.25, 0.3) is 0 Å². The van der Waals surface area contributed by atoms with Crippen molar-refractivity contribution in [3.8, 4) is 6.01 Å². The monoisotopic (exact) mass is 713 g/mol. The fourth-order valence-electron chi connectivity index (χ4n) is 4.90. The summed E-state index contributed by atoms with van der Waals surface area (Å²) >= 11 is 6.02. The Labute approximate surface area is 289 Å². The molecule has 16 heteroatoms. The molecule has 5 rings (SSSR count). The van der Waals surface area contributed by atoms with E-state index >= 15 is 0 Å². The second kappa shape index (κ2) is 15.5. The Kier molecular flexibility index (Phi) is 11.1. The quantitative estimate of drug-likeness (QED) is 0.0788. The van der Waals surface area contributed by atoms with Crippen LogP contribution in [0.5, 0.6) is 6.01 Å². The van der Waals surface area contributed by atoms with E-state index in [-0.39, 0.29) is 37.3 Å². The van der Waals surface area contributed by atoms with Crippen molar-refractivity contribution in [1.29, 1.82) is 0 Å². The molecule has 1 aromatic heterocycles. The first-order valence-corrected chi connectivity index (χ1v) is 15.8. The number of halogens is 5. The van der Waals surface area contributed by atoms with Gasteiger partial charge in [-0.3, -0.25) is 14.4 Å². The predicted molar refractivity (Wildman–Crippen MR) is 177 cm³/mol. The molecule has 3 N–H and O–H groups in total. The number of carbonyl (C=O) groups excluding carboxylic acids is 3. The van der Waals surface area contributed by atoms with Gasteiger partial charge in [-0.1, -0.05) is 35.9 Å². The zero-order chi connectivity index (χ0) is 35.9. The summed E-state index contributed by atoms with van der Waals surface area (Å²) in [4.78, 5) is 51.0. The molecular formula is C34H32ClF4N7O4. The van der Waals surface area contributed by atoms with Crippen molar-refractivity contribution in [2.75, 3.05) is 37.4 Å². The molecule has 11 nitrogen and oxygen atoms in total. The van der Waals surface area contributed by atoms with Crippen LogP contribution in [0.3, 0.4) is 0 Å². The van der Waals surface area contributed by atoms with E-state index in [4.69, 9.17) is 16.3 Å². The number of likely N-dealkylation sites (N-methyl/N-ethyl adjacent to an activating group) is 1. The standard InChI is InChI=1S/C34H32ClF4N7O4/c1-46(29(49)27(47)19-21-3-11-25(36)12-4-21)18-2-17-40-28(48)22-5-13-26(14-6-22)41-30-42-31(44-32(43-30)50-20-34(37,38)39)45-33(15-16-33)23-7-9-24(35)10-8-23/h3-14H,2,15-20H2,1H3,(H,40,48)(H2,41,42,43,44,45). The minimum absolute atomic E-state index is 0.00714. The Hall–Kier alpha value is -5.31. The average Bonchev–Trinajstić information content (AvgIpc) is 3.86. The van der Waals surface area contributed by atoms with E-state index in [1.54, 1.807) is 24.3 Å². The van der Waals surface area contributed by atoms with Crippen molar-refractivity contribution in [1.82, 2.24) is 25.2 Å². The first-order valence-electron chi connectivity index (χ1n) is 15.5. The van der Waals surface area contributed by atoms with E-state index in [0.717, 1.165) is 18.4 Å². The van der Waals surface area contributed by atoms with Crippen LogP contribution < -0.4 is 20.7 Å². The maximum absolute atomic E-state index is 13.1. The largest absolute Gasteiger partial charge is 0.454 e. The molecule has 1 fully saturated rings. The van der Waals surface area contributed by atoms with Crippen molar-refractivity contribution in [2.45, 2.75) is 37.4 Å². The number of Topliss-reactive ketones (excluding diaryl/α,β-unsaturated/α-hetero) is 1. The molecule has 0 unspecified atom stereocenters. The molecule has 4 aromatic rings. The highest BCUT2D eigenvalue weighted by molar-refractivity contribution is 6.36. The van der Waals surface area contributed by atoms with Gasteiger partial charge in [-0.25, -0.2) is 4.39 Å². The average molecular weight is 714 g/mol. The van der Waals surface area contributed by atoms with Crippen molar-refractivity contribution in [3.63, 3.8) is 0 Å². The smallest absolute Gasteiger partial charge is 0.422 e. The van der Waals surface area contributed by atoms with Gasteiger partial charge in [0.2, 0.25) is 17.7 Å². The summed E-state index contributed by atoms with van der Waals surface area (Å²) in [5.41, 5.74) is 1.67. The predicted octanol–water partition coefficient (Wildman–Crippen LogP) is 5.84. The molecule has 1 saturated carbocycles. The summed E-state index contributed by atoms with van der Waals surface area (Å²) in [6, 6.07) is 18.2. The summed E-state index contributed by atoms with van der Waals surface area (Å²) in [5, 5.41) is 9.42. The van der Waals surface area contributed by atoms with Crippen LogP contribution in [0, 0.1) is 5.82 Å². The minimum atomic E-state index is -4.61. The van der Waals surface area contributed by atoms with Gasteiger partial charge in [0.1, 0.15) is 5.82 Å². The molecule has 0 atom stereocenters. The van der Waals surface area contributed by atoms with E-state index in [9.17, 15) is 31.9 Å². The van der Waals surface area contributed by atoms with E-state index in [1.165, 1.54) is 48.3 Å². The Morgan fingerprint density at radius 3 is 2.22 bits per heavy atom. The summed E-state index contributed by atoms with van der Waals surface area (Å²) in [7, 11) is 1.49. The topological polar surface area (TPSA) is 138 Å². The highest BCUT2D eigenvalue weighted by Crippen LogP contribution is 2.48. The molecule has 0 bridgehead atoms. The van der Waals surface area contributed by atoms with Gasteiger partial charge >= 0.3 is 12.2 Å². The van der Waals surface area contributed by atoms with Gasteiger partial charge in [0.05, 0.1) is 5.54 Å². The third-order valence-electron chi connectivity index (χ3n) is 7.70. The van der Waals surface area contributed by atoms with Crippen LogP contribution >= 0.6 is 11.6 Å². The Morgan fingerprint density at radius 2 is 1.58 bits per heavy atom. The highest BCUT2D eigenvalue weighted by Gasteiger charge is 2.45. The summed E-state index contributed by atoms with van der Waals surface area (Å²) in [6.45, 7) is -1.15. The number of hydrogen-bond donors (Lipinski definition) is 3. The second-order valence-electron chi connectivity index (χ2n) is 11.6. The third kappa shape index (κ3) is 10.1. The van der Waals surface area contributed by atoms with Gasteiger partial charge in [-0.2, -0.15) is 28.1 Å². The summed E-state index contributed by atoms with van der Waals surface area (Å²) < 4.78 is 56.6. The Bertz CT molecular complexity index is 1820. The first-order chi connectivity index (χ1) is 23.8. The molecule has 1 aliphatic rings. The number of benzene rings is 3. The molecule has 0 radical (unpaired) electrons. The van der Waals surface area contributed by atoms with Crippen LogP contribution in [-0.4, -0.2) is 70.4 Å². The van der Waals surface area contributed by atoms with Gasteiger partial charge in [-0.05, 0) is 78.9 Å². The summed E-state index contributed by atoms with van der Waals surface area (Å²) in [5.74, 6) is -2.21. The van der Waals surface area contributed by atoms with E-state index in [1.807, 2.05) is 12.1 Å². The number of ether oxygens (including phenoxy) is 1. The number of amides is 2. The van der Waals surface area contributed by atoms with Crippen LogP contribution in [0.15, 0.2) is 72.8 Å². The molecule has 1 aliphatic carbocycles. The van der Waals surface area contributed by atoms with Gasteiger partial charge in [-0.15, -0.1) is 0 Å².